The minimum absolute atomic E-state index is 0.0305. The summed E-state index contributed by atoms with van der Waals surface area (Å²) in [6.45, 7) is 3.41. The van der Waals surface area contributed by atoms with E-state index in [2.05, 4.69) is 6.92 Å². The van der Waals surface area contributed by atoms with E-state index in [-0.39, 0.29) is 11.9 Å². The summed E-state index contributed by atoms with van der Waals surface area (Å²) in [4.78, 5) is 14.2. The van der Waals surface area contributed by atoms with Crippen LogP contribution in [-0.2, 0) is 0 Å². The Hall–Kier alpha value is -1.86. The van der Waals surface area contributed by atoms with Crippen LogP contribution in [0.5, 0.6) is 0 Å². The number of hydrogen-bond donors (Lipinski definition) is 1. The van der Waals surface area contributed by atoms with Crippen molar-refractivity contribution >= 4 is 5.91 Å². The maximum atomic E-state index is 12.3. The van der Waals surface area contributed by atoms with Crippen LogP contribution in [0.1, 0.15) is 29.3 Å². The fourth-order valence-corrected chi connectivity index (χ4v) is 2.45. The summed E-state index contributed by atoms with van der Waals surface area (Å²) in [5, 5.41) is 8.73. The van der Waals surface area contributed by atoms with E-state index in [1.807, 2.05) is 11.0 Å². The summed E-state index contributed by atoms with van der Waals surface area (Å²) < 4.78 is 0. The summed E-state index contributed by atoms with van der Waals surface area (Å²) >= 11 is 0. The molecule has 2 unspecified atom stereocenters. The first-order valence-corrected chi connectivity index (χ1v) is 6.17. The van der Waals surface area contributed by atoms with Gasteiger partial charge in [0, 0.05) is 18.2 Å². The number of rotatable bonds is 2. The first kappa shape index (κ1) is 12.6. The van der Waals surface area contributed by atoms with Crippen molar-refractivity contribution in [3.63, 3.8) is 0 Å². The molecule has 1 saturated heterocycles. The van der Waals surface area contributed by atoms with Crippen LogP contribution in [0.15, 0.2) is 24.3 Å². The molecule has 18 heavy (non-hydrogen) atoms. The molecule has 94 valence electrons. The highest BCUT2D eigenvalue weighted by atomic mass is 16.2. The largest absolute Gasteiger partial charge is 0.336 e. The Kier molecular flexibility index (Phi) is 3.63. The molecule has 1 fully saturated rings. The van der Waals surface area contributed by atoms with Crippen molar-refractivity contribution < 1.29 is 4.79 Å². The molecule has 0 bridgehead atoms. The van der Waals surface area contributed by atoms with E-state index in [1.165, 1.54) is 0 Å². The van der Waals surface area contributed by atoms with Gasteiger partial charge in [-0.15, -0.1) is 0 Å². The third-order valence-electron chi connectivity index (χ3n) is 3.52. The number of carbonyl (C=O) groups is 1. The Bertz CT molecular complexity index is 475. The van der Waals surface area contributed by atoms with E-state index >= 15 is 0 Å². The highest BCUT2D eigenvalue weighted by molar-refractivity contribution is 5.94. The summed E-state index contributed by atoms with van der Waals surface area (Å²) in [6, 6.07) is 9.06. The van der Waals surface area contributed by atoms with Crippen LogP contribution in [0.2, 0.25) is 0 Å². The van der Waals surface area contributed by atoms with Gasteiger partial charge in [-0.25, -0.2) is 0 Å². The van der Waals surface area contributed by atoms with E-state index in [0.717, 1.165) is 13.0 Å². The van der Waals surface area contributed by atoms with Crippen molar-refractivity contribution in [3.8, 4) is 6.07 Å². The zero-order chi connectivity index (χ0) is 13.1. The minimum atomic E-state index is 0.0305. The molecule has 0 aliphatic carbocycles. The molecule has 0 spiro atoms. The number of amides is 1. The van der Waals surface area contributed by atoms with Gasteiger partial charge in [-0.3, -0.25) is 4.79 Å². The minimum Gasteiger partial charge on any atom is -0.336 e. The molecular formula is C14H17N3O. The highest BCUT2D eigenvalue weighted by Gasteiger charge is 2.31. The fraction of sp³-hybridized carbons (Fsp3) is 0.429. The quantitative estimate of drug-likeness (QED) is 0.852. The smallest absolute Gasteiger partial charge is 0.254 e. The number of nitrogens with two attached hydrogens (primary N) is 1. The van der Waals surface area contributed by atoms with Gasteiger partial charge in [0.25, 0.3) is 5.91 Å². The summed E-state index contributed by atoms with van der Waals surface area (Å²) in [5.41, 5.74) is 6.87. The molecule has 2 rings (SSSR count). The van der Waals surface area contributed by atoms with E-state index in [4.69, 9.17) is 11.0 Å². The molecule has 0 aromatic heterocycles. The Balaban J connectivity index is 2.14. The Morgan fingerprint density at radius 3 is 2.67 bits per heavy atom. The topological polar surface area (TPSA) is 70.1 Å². The van der Waals surface area contributed by atoms with E-state index in [1.54, 1.807) is 24.3 Å². The van der Waals surface area contributed by atoms with Gasteiger partial charge < -0.3 is 10.6 Å². The SMILES string of the molecule is CC1CC(CN)CN1C(=O)c1ccc(C#N)cc1. The molecule has 1 amide bonds. The fourth-order valence-electron chi connectivity index (χ4n) is 2.45. The lowest BCUT2D eigenvalue weighted by molar-refractivity contribution is 0.0743. The lowest BCUT2D eigenvalue weighted by atomic mass is 10.1. The molecule has 4 nitrogen and oxygen atoms in total. The maximum absolute atomic E-state index is 12.3. The molecular weight excluding hydrogens is 226 g/mol. The summed E-state index contributed by atoms with van der Waals surface area (Å²) in [5.74, 6) is 0.435. The van der Waals surface area contributed by atoms with Gasteiger partial charge in [0.05, 0.1) is 11.6 Å². The second kappa shape index (κ2) is 5.19. The van der Waals surface area contributed by atoms with E-state index in [0.29, 0.717) is 23.6 Å². The Morgan fingerprint density at radius 1 is 1.50 bits per heavy atom. The average Bonchev–Trinajstić information content (AvgIpc) is 2.79. The van der Waals surface area contributed by atoms with Gasteiger partial charge in [0.15, 0.2) is 0 Å². The first-order chi connectivity index (χ1) is 8.65. The third kappa shape index (κ3) is 2.36. The monoisotopic (exact) mass is 243 g/mol. The van der Waals surface area contributed by atoms with Gasteiger partial charge in [-0.2, -0.15) is 5.26 Å². The van der Waals surface area contributed by atoms with Crippen molar-refractivity contribution in [1.29, 1.82) is 5.26 Å². The van der Waals surface area contributed by atoms with Crippen LogP contribution < -0.4 is 5.73 Å². The number of nitrogens with zero attached hydrogens (tertiary/aromatic N) is 2. The van der Waals surface area contributed by atoms with Crippen molar-refractivity contribution in [2.75, 3.05) is 13.1 Å². The molecule has 1 aliphatic rings. The number of likely N-dealkylation sites (tertiary alicyclic amines) is 1. The van der Waals surface area contributed by atoms with Crippen LogP contribution in [0, 0.1) is 17.2 Å². The van der Waals surface area contributed by atoms with Gasteiger partial charge in [-0.1, -0.05) is 0 Å². The predicted octanol–water partition coefficient (Wildman–Crippen LogP) is 1.37. The molecule has 0 saturated carbocycles. The van der Waals surface area contributed by atoms with Crippen LogP contribution in [-0.4, -0.2) is 29.9 Å². The predicted molar refractivity (Wildman–Crippen MR) is 68.8 cm³/mol. The van der Waals surface area contributed by atoms with Crippen molar-refractivity contribution in [3.05, 3.63) is 35.4 Å². The second-order valence-electron chi connectivity index (χ2n) is 4.83. The van der Waals surface area contributed by atoms with Crippen LogP contribution in [0.25, 0.3) is 0 Å². The van der Waals surface area contributed by atoms with E-state index in [9.17, 15) is 4.79 Å². The number of nitriles is 1. The van der Waals surface area contributed by atoms with Crippen LogP contribution in [0.3, 0.4) is 0 Å². The molecule has 2 N–H and O–H groups in total. The molecule has 0 radical (unpaired) electrons. The zero-order valence-electron chi connectivity index (χ0n) is 10.5. The normalized spacial score (nSPS) is 22.8. The lowest BCUT2D eigenvalue weighted by Gasteiger charge is -2.21. The highest BCUT2D eigenvalue weighted by Crippen LogP contribution is 2.24. The van der Waals surface area contributed by atoms with Crippen molar-refractivity contribution in [2.24, 2.45) is 11.7 Å². The molecule has 4 heteroatoms. The maximum Gasteiger partial charge on any atom is 0.254 e. The Morgan fingerprint density at radius 2 is 2.17 bits per heavy atom. The van der Waals surface area contributed by atoms with Crippen molar-refractivity contribution in [1.82, 2.24) is 4.90 Å². The molecule has 1 aromatic rings. The molecule has 1 aromatic carbocycles. The summed E-state index contributed by atoms with van der Waals surface area (Å²) in [7, 11) is 0. The van der Waals surface area contributed by atoms with Gasteiger partial charge in [0.2, 0.25) is 0 Å². The van der Waals surface area contributed by atoms with Crippen molar-refractivity contribution in [2.45, 2.75) is 19.4 Å². The van der Waals surface area contributed by atoms with Gasteiger partial charge >= 0.3 is 0 Å². The standard InChI is InChI=1S/C14H17N3O/c1-10-6-12(8-16)9-17(10)14(18)13-4-2-11(7-15)3-5-13/h2-5,10,12H,6,8-9,16H2,1H3. The zero-order valence-corrected chi connectivity index (χ0v) is 10.5. The van der Waals surface area contributed by atoms with Gasteiger partial charge in [0.1, 0.15) is 0 Å². The van der Waals surface area contributed by atoms with E-state index < -0.39 is 0 Å². The molecule has 2 atom stereocenters. The number of hydrogen-bond acceptors (Lipinski definition) is 3. The van der Waals surface area contributed by atoms with Gasteiger partial charge in [-0.05, 0) is 50.1 Å². The first-order valence-electron chi connectivity index (χ1n) is 6.17. The number of carbonyl (C=O) groups excluding carboxylic acids is 1. The Labute approximate surface area is 107 Å². The van der Waals surface area contributed by atoms with Crippen LogP contribution >= 0.6 is 0 Å². The third-order valence-corrected chi connectivity index (χ3v) is 3.52. The van der Waals surface area contributed by atoms with Crippen LogP contribution in [0.4, 0.5) is 0 Å². The molecule has 1 heterocycles. The molecule has 1 aliphatic heterocycles. The number of benzene rings is 1. The average molecular weight is 243 g/mol. The summed E-state index contributed by atoms with van der Waals surface area (Å²) in [6.07, 6.45) is 0.971. The second-order valence-corrected chi connectivity index (χ2v) is 4.83. The lowest BCUT2D eigenvalue weighted by Crippen LogP contribution is -2.34.